The SMILES string of the molecule is CCC.O=C(O)CNSc1ccc(-c2nc(-c3ccc4ccccc4c3)cs2)cc1. The highest BCUT2D eigenvalue weighted by molar-refractivity contribution is 7.97. The van der Waals surface area contributed by atoms with Crippen LogP contribution in [0, 0.1) is 0 Å². The van der Waals surface area contributed by atoms with Crippen molar-refractivity contribution in [2.75, 3.05) is 6.54 Å². The molecule has 0 aliphatic heterocycles. The lowest BCUT2D eigenvalue weighted by Crippen LogP contribution is -2.15. The van der Waals surface area contributed by atoms with Crippen LogP contribution in [0.5, 0.6) is 0 Å². The van der Waals surface area contributed by atoms with Crippen molar-refractivity contribution in [2.45, 2.75) is 25.2 Å². The normalized spacial score (nSPS) is 10.5. The lowest BCUT2D eigenvalue weighted by Gasteiger charge is -2.03. The summed E-state index contributed by atoms with van der Waals surface area (Å²) < 4.78 is 2.80. The molecule has 0 saturated heterocycles. The van der Waals surface area contributed by atoms with Gasteiger partial charge >= 0.3 is 5.97 Å². The number of nitrogens with zero attached hydrogens (tertiary/aromatic N) is 1. The first-order valence-corrected chi connectivity index (χ1v) is 11.5. The monoisotopic (exact) mass is 436 g/mol. The summed E-state index contributed by atoms with van der Waals surface area (Å²) in [6.07, 6.45) is 1.25. The van der Waals surface area contributed by atoms with E-state index in [0.717, 1.165) is 26.7 Å². The third-order valence-electron chi connectivity index (χ3n) is 4.06. The fourth-order valence-electron chi connectivity index (χ4n) is 2.73. The smallest absolute Gasteiger partial charge is 0.318 e. The first-order valence-electron chi connectivity index (χ1n) is 9.77. The van der Waals surface area contributed by atoms with Crippen LogP contribution < -0.4 is 4.72 Å². The first kappa shape index (κ1) is 22.0. The van der Waals surface area contributed by atoms with Crippen LogP contribution in [-0.2, 0) is 4.79 Å². The summed E-state index contributed by atoms with van der Waals surface area (Å²) in [5.41, 5.74) is 3.14. The zero-order chi connectivity index (χ0) is 21.3. The Morgan fingerprint density at radius 3 is 2.37 bits per heavy atom. The van der Waals surface area contributed by atoms with Gasteiger partial charge in [0.15, 0.2) is 0 Å². The molecular formula is C24H24N2O2S2. The Morgan fingerprint density at radius 2 is 1.67 bits per heavy atom. The van der Waals surface area contributed by atoms with E-state index >= 15 is 0 Å². The molecule has 4 nitrogen and oxygen atoms in total. The lowest BCUT2D eigenvalue weighted by molar-refractivity contribution is -0.135. The molecule has 0 saturated carbocycles. The highest BCUT2D eigenvalue weighted by Gasteiger charge is 2.08. The molecule has 0 amide bonds. The van der Waals surface area contributed by atoms with Crippen molar-refractivity contribution in [1.29, 1.82) is 0 Å². The maximum atomic E-state index is 10.5. The van der Waals surface area contributed by atoms with Crippen molar-refractivity contribution in [3.63, 3.8) is 0 Å². The molecule has 2 N–H and O–H groups in total. The molecule has 0 atom stereocenters. The van der Waals surface area contributed by atoms with Crippen LogP contribution in [0.1, 0.15) is 20.3 Å². The Hall–Kier alpha value is -2.67. The number of hydrogen-bond acceptors (Lipinski definition) is 5. The quantitative estimate of drug-likeness (QED) is 0.328. The van der Waals surface area contributed by atoms with Gasteiger partial charge in [-0.05, 0) is 40.9 Å². The van der Waals surface area contributed by atoms with Crippen LogP contribution in [0.25, 0.3) is 32.6 Å². The van der Waals surface area contributed by atoms with Crippen LogP contribution in [-0.4, -0.2) is 22.6 Å². The Bertz CT molecular complexity index is 1110. The van der Waals surface area contributed by atoms with Crippen molar-refractivity contribution in [1.82, 2.24) is 9.71 Å². The van der Waals surface area contributed by atoms with Gasteiger partial charge < -0.3 is 5.11 Å². The fourth-order valence-corrected chi connectivity index (χ4v) is 4.20. The molecule has 6 heteroatoms. The average molecular weight is 437 g/mol. The Labute approximate surface area is 185 Å². The summed E-state index contributed by atoms with van der Waals surface area (Å²) in [4.78, 5) is 16.3. The van der Waals surface area contributed by atoms with Crippen molar-refractivity contribution >= 4 is 40.0 Å². The predicted molar refractivity (Wildman–Crippen MR) is 128 cm³/mol. The largest absolute Gasteiger partial charge is 0.480 e. The van der Waals surface area contributed by atoms with Crippen LogP contribution in [0.2, 0.25) is 0 Å². The topological polar surface area (TPSA) is 62.2 Å². The molecule has 154 valence electrons. The Morgan fingerprint density at radius 1 is 1.00 bits per heavy atom. The number of carboxylic acid groups (broad SMARTS) is 1. The molecule has 0 spiro atoms. The van der Waals surface area contributed by atoms with E-state index in [4.69, 9.17) is 10.1 Å². The minimum absolute atomic E-state index is 0.0754. The van der Waals surface area contributed by atoms with Crippen molar-refractivity contribution < 1.29 is 9.90 Å². The highest BCUT2D eigenvalue weighted by atomic mass is 32.2. The van der Waals surface area contributed by atoms with E-state index in [-0.39, 0.29) is 6.54 Å². The van der Waals surface area contributed by atoms with Gasteiger partial charge in [-0.2, -0.15) is 0 Å². The average Bonchev–Trinajstić information content (AvgIpc) is 3.24. The number of thiazole rings is 1. The van der Waals surface area contributed by atoms with Gasteiger partial charge in [-0.3, -0.25) is 4.79 Å². The van der Waals surface area contributed by atoms with Gasteiger partial charge in [0.05, 0.1) is 5.69 Å². The van der Waals surface area contributed by atoms with Crippen LogP contribution in [0.3, 0.4) is 0 Å². The Kier molecular flexibility index (Phi) is 8.02. The third kappa shape index (κ3) is 5.92. The van der Waals surface area contributed by atoms with Gasteiger partial charge in [0.25, 0.3) is 0 Å². The first-order chi connectivity index (χ1) is 14.6. The van der Waals surface area contributed by atoms with Gasteiger partial charge in [0.1, 0.15) is 11.6 Å². The zero-order valence-corrected chi connectivity index (χ0v) is 18.6. The molecule has 0 aliphatic rings. The van der Waals surface area contributed by atoms with Gasteiger partial charge in [-0.25, -0.2) is 9.71 Å². The van der Waals surface area contributed by atoms with E-state index in [1.807, 2.05) is 36.4 Å². The van der Waals surface area contributed by atoms with E-state index in [2.05, 4.69) is 54.3 Å². The summed E-state index contributed by atoms with van der Waals surface area (Å²) in [7, 11) is 0. The van der Waals surface area contributed by atoms with Gasteiger partial charge in [-0.15, -0.1) is 11.3 Å². The molecule has 0 unspecified atom stereocenters. The number of carbonyl (C=O) groups is 1. The molecule has 0 radical (unpaired) electrons. The van der Waals surface area contributed by atoms with Crippen molar-refractivity contribution in [3.05, 3.63) is 72.1 Å². The second kappa shape index (κ2) is 10.9. The number of carboxylic acids is 1. The van der Waals surface area contributed by atoms with E-state index in [1.165, 1.54) is 29.1 Å². The predicted octanol–water partition coefficient (Wildman–Crippen LogP) is 6.73. The molecule has 4 aromatic rings. The number of rotatable bonds is 6. The van der Waals surface area contributed by atoms with E-state index < -0.39 is 5.97 Å². The molecule has 30 heavy (non-hydrogen) atoms. The van der Waals surface area contributed by atoms with Gasteiger partial charge in [-0.1, -0.05) is 68.8 Å². The number of benzene rings is 3. The summed E-state index contributed by atoms with van der Waals surface area (Å²) in [6, 6.07) is 22.7. The highest BCUT2D eigenvalue weighted by Crippen LogP contribution is 2.31. The standard InChI is InChI=1S/C21H16N2O2S2.C3H8/c24-20(25)12-22-27-18-9-7-15(8-10-18)21-23-19(13-26-21)17-6-5-14-3-1-2-4-16(14)11-17;1-3-2/h1-11,13,22H,12H2,(H,24,25);3H2,1-2H3. The minimum atomic E-state index is -0.872. The van der Waals surface area contributed by atoms with Crippen LogP contribution >= 0.6 is 23.3 Å². The summed E-state index contributed by atoms with van der Waals surface area (Å²) >= 11 is 2.93. The summed E-state index contributed by atoms with van der Waals surface area (Å²) in [5, 5.41) is 14.1. The lowest BCUT2D eigenvalue weighted by atomic mass is 10.1. The van der Waals surface area contributed by atoms with Crippen LogP contribution in [0.4, 0.5) is 0 Å². The number of hydrogen-bond donors (Lipinski definition) is 2. The molecule has 3 aromatic carbocycles. The summed E-state index contributed by atoms with van der Waals surface area (Å²) in [6.45, 7) is 4.17. The van der Waals surface area contributed by atoms with Crippen molar-refractivity contribution in [2.24, 2.45) is 0 Å². The van der Waals surface area contributed by atoms with Gasteiger partial charge in [0.2, 0.25) is 0 Å². The maximum Gasteiger partial charge on any atom is 0.318 e. The molecular weight excluding hydrogens is 412 g/mol. The van der Waals surface area contributed by atoms with Crippen LogP contribution in [0.15, 0.2) is 77.0 Å². The number of aromatic nitrogens is 1. The second-order valence-corrected chi connectivity index (χ2v) is 8.47. The maximum absolute atomic E-state index is 10.5. The second-order valence-electron chi connectivity index (χ2n) is 6.65. The van der Waals surface area contributed by atoms with E-state index in [9.17, 15) is 4.79 Å². The molecule has 0 bridgehead atoms. The third-order valence-corrected chi connectivity index (χ3v) is 5.75. The molecule has 1 heterocycles. The molecule has 0 fully saturated rings. The van der Waals surface area contributed by atoms with E-state index in [1.54, 1.807) is 11.3 Å². The fraction of sp³-hybridized carbons (Fsp3) is 0.167. The Balaban J connectivity index is 0.000000806. The molecule has 4 rings (SSSR count). The van der Waals surface area contributed by atoms with Gasteiger partial charge in [0, 0.05) is 21.4 Å². The van der Waals surface area contributed by atoms with E-state index in [0.29, 0.717) is 0 Å². The number of aliphatic carboxylic acids is 1. The molecule has 1 aromatic heterocycles. The zero-order valence-electron chi connectivity index (χ0n) is 17.0. The number of nitrogens with one attached hydrogen (secondary N) is 1. The van der Waals surface area contributed by atoms with Crippen molar-refractivity contribution in [3.8, 4) is 21.8 Å². The summed E-state index contributed by atoms with van der Waals surface area (Å²) in [5.74, 6) is -0.872. The number of fused-ring (bicyclic) bond motifs is 1. The molecule has 0 aliphatic carbocycles. The minimum Gasteiger partial charge on any atom is -0.480 e.